The minimum Gasteiger partial charge on any atom is -0.453 e. The largest absolute Gasteiger partial charge is 0.453 e. The number of halogens is 1. The van der Waals surface area contributed by atoms with Gasteiger partial charge in [-0.1, -0.05) is 35.0 Å². The molecule has 0 atom stereocenters. The molecule has 4 rings (SSSR count). The average molecular weight is 377 g/mol. The van der Waals surface area contributed by atoms with E-state index in [4.69, 9.17) is 20.9 Å². The molecule has 3 heterocycles. The number of thiophene rings is 2. The Balaban J connectivity index is 1.49. The van der Waals surface area contributed by atoms with E-state index in [0.717, 1.165) is 15.6 Å². The van der Waals surface area contributed by atoms with Crippen molar-refractivity contribution in [3.63, 3.8) is 0 Å². The first-order chi connectivity index (χ1) is 11.7. The van der Waals surface area contributed by atoms with Crippen LogP contribution in [0.2, 0.25) is 5.02 Å². The topological polar surface area (TPSA) is 65.2 Å². The summed E-state index contributed by atoms with van der Waals surface area (Å²) in [4.78, 5) is 16.8. The van der Waals surface area contributed by atoms with Gasteiger partial charge in [-0.05, 0) is 17.5 Å². The van der Waals surface area contributed by atoms with E-state index < -0.39 is 5.97 Å². The van der Waals surface area contributed by atoms with E-state index in [9.17, 15) is 4.79 Å². The monoisotopic (exact) mass is 376 g/mol. The van der Waals surface area contributed by atoms with Gasteiger partial charge in [0.15, 0.2) is 6.61 Å². The molecule has 5 nitrogen and oxygen atoms in total. The summed E-state index contributed by atoms with van der Waals surface area (Å²) in [6, 6.07) is 9.44. The molecule has 0 amide bonds. The van der Waals surface area contributed by atoms with Crippen molar-refractivity contribution in [3.8, 4) is 11.5 Å². The van der Waals surface area contributed by atoms with Gasteiger partial charge < -0.3 is 9.26 Å². The SMILES string of the molecule is O=C(OCc1noc(-c2ccsc2)n1)c1sc2ccccc2c1Cl. The number of rotatable bonds is 4. The van der Waals surface area contributed by atoms with Crippen molar-refractivity contribution in [1.29, 1.82) is 0 Å². The van der Waals surface area contributed by atoms with Crippen molar-refractivity contribution in [1.82, 2.24) is 10.1 Å². The van der Waals surface area contributed by atoms with E-state index in [0.29, 0.717) is 21.6 Å². The third-order valence-electron chi connectivity index (χ3n) is 3.29. The predicted octanol–water partition coefficient (Wildman–Crippen LogP) is 5.02. The molecule has 120 valence electrons. The maximum absolute atomic E-state index is 12.3. The Bertz CT molecular complexity index is 1010. The zero-order valence-corrected chi connectivity index (χ0v) is 14.5. The fourth-order valence-corrected chi connectivity index (χ4v) is 4.19. The second kappa shape index (κ2) is 6.35. The Hall–Kier alpha value is -2.22. The van der Waals surface area contributed by atoms with E-state index in [1.54, 1.807) is 0 Å². The van der Waals surface area contributed by atoms with Gasteiger partial charge in [-0.25, -0.2) is 4.79 Å². The first-order valence-electron chi connectivity index (χ1n) is 6.91. The van der Waals surface area contributed by atoms with Crippen molar-refractivity contribution < 1.29 is 14.1 Å². The Labute approximate surface area is 149 Å². The zero-order valence-electron chi connectivity index (χ0n) is 12.1. The van der Waals surface area contributed by atoms with Crippen LogP contribution in [0.3, 0.4) is 0 Å². The number of benzene rings is 1. The second-order valence-electron chi connectivity index (χ2n) is 4.85. The highest BCUT2D eigenvalue weighted by Gasteiger charge is 2.19. The molecular weight excluding hydrogens is 368 g/mol. The molecular formula is C16H9ClN2O3S2. The van der Waals surface area contributed by atoms with Gasteiger partial charge in [0.1, 0.15) is 4.88 Å². The van der Waals surface area contributed by atoms with E-state index in [1.807, 2.05) is 41.1 Å². The van der Waals surface area contributed by atoms with Crippen LogP contribution in [0.25, 0.3) is 21.5 Å². The van der Waals surface area contributed by atoms with Crippen LogP contribution in [0.5, 0.6) is 0 Å². The van der Waals surface area contributed by atoms with Crippen molar-refractivity contribution >= 4 is 50.3 Å². The Morgan fingerprint density at radius 1 is 1.29 bits per heavy atom. The summed E-state index contributed by atoms with van der Waals surface area (Å²) >= 11 is 9.10. The number of carbonyl (C=O) groups excluding carboxylic acids is 1. The van der Waals surface area contributed by atoms with Gasteiger partial charge in [0.2, 0.25) is 5.82 Å². The fraction of sp³-hybridized carbons (Fsp3) is 0.0625. The smallest absolute Gasteiger partial charge is 0.350 e. The van der Waals surface area contributed by atoms with Crippen LogP contribution in [0.1, 0.15) is 15.5 Å². The first kappa shape index (κ1) is 15.3. The normalized spacial score (nSPS) is 11.0. The lowest BCUT2D eigenvalue weighted by Gasteiger charge is -1.99. The highest BCUT2D eigenvalue weighted by atomic mass is 35.5. The van der Waals surface area contributed by atoms with Crippen LogP contribution < -0.4 is 0 Å². The Kier molecular flexibility index (Phi) is 4.05. The van der Waals surface area contributed by atoms with Crippen LogP contribution in [0, 0.1) is 0 Å². The van der Waals surface area contributed by atoms with Gasteiger partial charge in [0.25, 0.3) is 5.89 Å². The van der Waals surface area contributed by atoms with Gasteiger partial charge in [-0.15, -0.1) is 11.3 Å². The first-order valence-corrected chi connectivity index (χ1v) is 9.05. The number of fused-ring (bicyclic) bond motifs is 1. The maximum atomic E-state index is 12.3. The van der Waals surface area contributed by atoms with E-state index in [1.165, 1.54) is 22.7 Å². The molecule has 0 unspecified atom stereocenters. The molecule has 0 fully saturated rings. The number of hydrogen-bond donors (Lipinski definition) is 0. The summed E-state index contributed by atoms with van der Waals surface area (Å²) in [5.41, 5.74) is 0.845. The summed E-state index contributed by atoms with van der Waals surface area (Å²) in [5.74, 6) is 0.215. The number of esters is 1. The van der Waals surface area contributed by atoms with Crippen LogP contribution >= 0.6 is 34.3 Å². The third kappa shape index (κ3) is 2.82. The van der Waals surface area contributed by atoms with Crippen molar-refractivity contribution in [2.45, 2.75) is 6.61 Å². The molecule has 0 saturated carbocycles. The number of aromatic nitrogens is 2. The summed E-state index contributed by atoms with van der Waals surface area (Å²) in [7, 11) is 0. The predicted molar refractivity (Wildman–Crippen MR) is 93.6 cm³/mol. The quantitative estimate of drug-likeness (QED) is 0.468. The molecule has 1 aromatic carbocycles. The highest BCUT2D eigenvalue weighted by molar-refractivity contribution is 7.21. The average Bonchev–Trinajstić information content (AvgIpc) is 3.33. The standard InChI is InChI=1S/C16H9ClN2O3S2/c17-13-10-3-1-2-4-11(10)24-14(13)16(20)21-7-12-18-15(22-19-12)9-5-6-23-8-9/h1-6,8H,7H2. The van der Waals surface area contributed by atoms with Crippen LogP contribution in [0.15, 0.2) is 45.6 Å². The molecule has 0 spiro atoms. The molecule has 0 aliphatic heterocycles. The lowest BCUT2D eigenvalue weighted by atomic mass is 10.2. The van der Waals surface area contributed by atoms with Gasteiger partial charge in [-0.2, -0.15) is 16.3 Å². The number of ether oxygens (including phenoxy) is 1. The Morgan fingerprint density at radius 3 is 2.96 bits per heavy atom. The fourth-order valence-electron chi connectivity index (χ4n) is 2.16. The molecule has 0 aliphatic rings. The molecule has 4 aromatic rings. The molecule has 0 bridgehead atoms. The van der Waals surface area contributed by atoms with Gasteiger partial charge in [0, 0.05) is 15.5 Å². The number of nitrogens with zero attached hydrogens (tertiary/aromatic N) is 2. The number of hydrogen-bond acceptors (Lipinski definition) is 7. The van der Waals surface area contributed by atoms with Gasteiger partial charge >= 0.3 is 5.97 Å². The lowest BCUT2D eigenvalue weighted by Crippen LogP contribution is -2.04. The number of carbonyl (C=O) groups is 1. The van der Waals surface area contributed by atoms with Gasteiger partial charge in [-0.3, -0.25) is 0 Å². The molecule has 3 aromatic heterocycles. The molecule has 0 N–H and O–H groups in total. The molecule has 8 heteroatoms. The van der Waals surface area contributed by atoms with Crippen LogP contribution in [0.4, 0.5) is 0 Å². The summed E-state index contributed by atoms with van der Waals surface area (Å²) < 4.78 is 11.3. The Morgan fingerprint density at radius 2 is 2.17 bits per heavy atom. The summed E-state index contributed by atoms with van der Waals surface area (Å²) in [6.07, 6.45) is 0. The van der Waals surface area contributed by atoms with Crippen LogP contribution in [-0.4, -0.2) is 16.1 Å². The summed E-state index contributed by atoms with van der Waals surface area (Å²) in [5, 5.41) is 8.89. The maximum Gasteiger partial charge on any atom is 0.350 e. The minimum absolute atomic E-state index is 0.0724. The zero-order chi connectivity index (χ0) is 16.5. The van der Waals surface area contributed by atoms with Crippen LogP contribution in [-0.2, 0) is 11.3 Å². The minimum atomic E-state index is -0.497. The molecule has 0 aliphatic carbocycles. The molecule has 0 radical (unpaired) electrons. The van der Waals surface area contributed by atoms with Crippen molar-refractivity contribution in [2.75, 3.05) is 0 Å². The summed E-state index contributed by atoms with van der Waals surface area (Å²) in [6.45, 7) is -0.0724. The third-order valence-corrected chi connectivity index (χ3v) is 5.63. The lowest BCUT2D eigenvalue weighted by molar-refractivity contribution is 0.0466. The van der Waals surface area contributed by atoms with Crippen molar-refractivity contribution in [3.05, 3.63) is 56.8 Å². The van der Waals surface area contributed by atoms with Gasteiger partial charge in [0.05, 0.1) is 10.6 Å². The van der Waals surface area contributed by atoms with Crippen molar-refractivity contribution in [2.24, 2.45) is 0 Å². The molecule has 0 saturated heterocycles. The second-order valence-corrected chi connectivity index (χ2v) is 7.06. The van der Waals surface area contributed by atoms with E-state index in [2.05, 4.69) is 10.1 Å². The van der Waals surface area contributed by atoms with E-state index in [-0.39, 0.29) is 6.61 Å². The van der Waals surface area contributed by atoms with E-state index >= 15 is 0 Å². The molecule has 24 heavy (non-hydrogen) atoms. The highest BCUT2D eigenvalue weighted by Crippen LogP contribution is 2.35.